The Morgan fingerprint density at radius 3 is 1.67 bits per heavy atom. The summed E-state index contributed by atoms with van der Waals surface area (Å²) in [5, 5.41) is 0. The van der Waals surface area contributed by atoms with Gasteiger partial charge in [0.2, 0.25) is 0 Å². The Hall–Kier alpha value is 0.290. The Balaban J connectivity index is 3.50. The van der Waals surface area contributed by atoms with Crippen LogP contribution in [0, 0.1) is 5.92 Å². The number of halogens is 1. The van der Waals surface area contributed by atoms with Gasteiger partial charge in [0.25, 0.3) is 0 Å². The van der Waals surface area contributed by atoms with Gasteiger partial charge in [0.1, 0.15) is 0 Å². The molecule has 18 heavy (non-hydrogen) atoms. The van der Waals surface area contributed by atoms with E-state index in [9.17, 15) is 0 Å². The summed E-state index contributed by atoms with van der Waals surface area (Å²) in [7, 11) is 0. The van der Waals surface area contributed by atoms with Gasteiger partial charge in [-0.25, -0.2) is 0 Å². The van der Waals surface area contributed by atoms with Crippen molar-refractivity contribution in [1.82, 2.24) is 0 Å². The lowest BCUT2D eigenvalue weighted by Gasteiger charge is -2.28. The van der Waals surface area contributed by atoms with E-state index in [0.717, 1.165) is 0 Å². The quantitative estimate of drug-likeness (QED) is 0.267. The third-order valence-electron chi connectivity index (χ3n) is 4.01. The van der Waals surface area contributed by atoms with Gasteiger partial charge < -0.3 is 0 Å². The molecule has 0 amide bonds. The summed E-state index contributed by atoms with van der Waals surface area (Å²) in [5.74, 6) is 0.698. The highest BCUT2D eigenvalue weighted by Crippen LogP contribution is 2.32. The van der Waals surface area contributed by atoms with Crippen LogP contribution in [0.1, 0.15) is 98.3 Å². The van der Waals surface area contributed by atoms with Crippen molar-refractivity contribution in [3.05, 3.63) is 0 Å². The maximum Gasteiger partial charge on any atom is 0.0418 e. The van der Waals surface area contributed by atoms with Crippen molar-refractivity contribution >= 4 is 11.6 Å². The van der Waals surface area contributed by atoms with Crippen LogP contribution >= 0.6 is 11.6 Å². The third kappa shape index (κ3) is 10.2. The molecule has 0 aliphatic carbocycles. The first kappa shape index (κ1) is 18.3. The molecule has 0 radical (unpaired) electrons. The molecule has 0 aromatic carbocycles. The normalized spacial score (nSPS) is 13.8. The zero-order valence-corrected chi connectivity index (χ0v) is 14.0. The van der Waals surface area contributed by atoms with E-state index in [-0.39, 0.29) is 4.87 Å². The summed E-state index contributed by atoms with van der Waals surface area (Å²) >= 11 is 6.48. The molecule has 0 bridgehead atoms. The average molecular weight is 275 g/mol. The van der Waals surface area contributed by atoms with Crippen molar-refractivity contribution in [1.29, 1.82) is 0 Å². The second-order valence-corrected chi connectivity index (χ2v) is 7.29. The van der Waals surface area contributed by atoms with E-state index in [0.29, 0.717) is 5.92 Å². The predicted molar refractivity (Wildman–Crippen MR) is 85.6 cm³/mol. The van der Waals surface area contributed by atoms with E-state index in [1.165, 1.54) is 70.6 Å². The van der Waals surface area contributed by atoms with E-state index in [1.807, 2.05) is 0 Å². The van der Waals surface area contributed by atoms with Gasteiger partial charge in [-0.3, -0.25) is 0 Å². The van der Waals surface area contributed by atoms with Crippen LogP contribution in [0.3, 0.4) is 0 Å². The predicted octanol–water partition coefficient (Wildman–Crippen LogP) is 6.95. The number of alkyl halides is 1. The number of hydrogen-bond donors (Lipinski definition) is 0. The first-order valence-electron chi connectivity index (χ1n) is 8.21. The monoisotopic (exact) mass is 274 g/mol. The highest BCUT2D eigenvalue weighted by atomic mass is 35.5. The molecular weight excluding hydrogens is 240 g/mol. The van der Waals surface area contributed by atoms with Crippen LogP contribution in [-0.4, -0.2) is 4.87 Å². The van der Waals surface area contributed by atoms with Crippen LogP contribution in [0.5, 0.6) is 0 Å². The van der Waals surface area contributed by atoms with Gasteiger partial charge in [-0.15, -0.1) is 11.6 Å². The number of unbranched alkanes of at least 4 members (excludes halogenated alkanes) is 7. The molecule has 0 nitrogen and oxygen atoms in total. The van der Waals surface area contributed by atoms with Crippen molar-refractivity contribution in [2.45, 2.75) is 103 Å². The molecule has 1 heteroatoms. The second kappa shape index (κ2) is 11.1. The van der Waals surface area contributed by atoms with Gasteiger partial charge in [0, 0.05) is 4.87 Å². The first-order chi connectivity index (χ1) is 8.52. The van der Waals surface area contributed by atoms with E-state index in [1.54, 1.807) is 0 Å². The van der Waals surface area contributed by atoms with Gasteiger partial charge in [0.05, 0.1) is 0 Å². The first-order valence-corrected chi connectivity index (χ1v) is 8.59. The molecule has 0 aromatic heterocycles. The van der Waals surface area contributed by atoms with E-state index in [2.05, 4.69) is 27.7 Å². The Morgan fingerprint density at radius 2 is 1.22 bits per heavy atom. The Kier molecular flexibility index (Phi) is 11.3. The summed E-state index contributed by atoms with van der Waals surface area (Å²) in [6.07, 6.45) is 15.1. The van der Waals surface area contributed by atoms with E-state index < -0.39 is 0 Å². The van der Waals surface area contributed by atoms with Crippen LogP contribution in [0.4, 0.5) is 0 Å². The summed E-state index contributed by atoms with van der Waals surface area (Å²) in [4.78, 5) is -0.0167. The lowest BCUT2D eigenvalue weighted by atomic mass is 9.86. The lowest BCUT2D eigenvalue weighted by Crippen LogP contribution is -2.24. The van der Waals surface area contributed by atoms with Gasteiger partial charge in [0.15, 0.2) is 0 Å². The standard InChI is InChI=1S/C17H35Cl/c1-5-7-8-9-10-11-12-13-15-16(14-6-2)17(3,4)18/h16H,5-15H2,1-4H3. The minimum Gasteiger partial charge on any atom is -0.120 e. The highest BCUT2D eigenvalue weighted by molar-refractivity contribution is 6.23. The molecule has 0 rings (SSSR count). The molecule has 0 saturated carbocycles. The highest BCUT2D eigenvalue weighted by Gasteiger charge is 2.25. The third-order valence-corrected chi connectivity index (χ3v) is 4.32. The molecule has 0 fully saturated rings. The van der Waals surface area contributed by atoms with Gasteiger partial charge >= 0.3 is 0 Å². The number of rotatable bonds is 12. The van der Waals surface area contributed by atoms with Crippen molar-refractivity contribution in [3.63, 3.8) is 0 Å². The van der Waals surface area contributed by atoms with Crippen molar-refractivity contribution in [2.75, 3.05) is 0 Å². The maximum atomic E-state index is 6.48. The lowest BCUT2D eigenvalue weighted by molar-refractivity contribution is 0.344. The molecule has 0 spiro atoms. The zero-order chi connectivity index (χ0) is 13.9. The average Bonchev–Trinajstić information content (AvgIpc) is 2.30. The van der Waals surface area contributed by atoms with Crippen LogP contribution in [-0.2, 0) is 0 Å². The van der Waals surface area contributed by atoms with E-state index >= 15 is 0 Å². The fourth-order valence-electron chi connectivity index (χ4n) is 2.70. The topological polar surface area (TPSA) is 0 Å². The van der Waals surface area contributed by atoms with Crippen molar-refractivity contribution in [3.8, 4) is 0 Å². The fraction of sp³-hybridized carbons (Fsp3) is 1.00. The molecule has 0 aromatic rings. The number of hydrogen-bond acceptors (Lipinski definition) is 0. The summed E-state index contributed by atoms with van der Waals surface area (Å²) in [5.41, 5.74) is 0. The molecule has 1 atom stereocenters. The SMILES string of the molecule is CCCCCCCCCCC(CCC)C(C)(C)Cl. The van der Waals surface area contributed by atoms with Crippen LogP contribution < -0.4 is 0 Å². The van der Waals surface area contributed by atoms with Crippen molar-refractivity contribution in [2.24, 2.45) is 5.92 Å². The smallest absolute Gasteiger partial charge is 0.0418 e. The Morgan fingerprint density at radius 1 is 0.722 bits per heavy atom. The van der Waals surface area contributed by atoms with Crippen LogP contribution in [0.2, 0.25) is 0 Å². The molecule has 0 aliphatic rings. The van der Waals surface area contributed by atoms with Gasteiger partial charge in [-0.05, 0) is 32.6 Å². The van der Waals surface area contributed by atoms with E-state index in [4.69, 9.17) is 11.6 Å². The second-order valence-electron chi connectivity index (χ2n) is 6.31. The van der Waals surface area contributed by atoms with Crippen LogP contribution in [0.25, 0.3) is 0 Å². The molecule has 0 aliphatic heterocycles. The zero-order valence-electron chi connectivity index (χ0n) is 13.2. The molecular formula is C17H35Cl. The molecule has 0 saturated heterocycles. The van der Waals surface area contributed by atoms with Gasteiger partial charge in [-0.1, -0.05) is 71.6 Å². The summed E-state index contributed by atoms with van der Waals surface area (Å²) < 4.78 is 0. The molecule has 0 heterocycles. The van der Waals surface area contributed by atoms with Crippen molar-refractivity contribution < 1.29 is 0 Å². The minimum atomic E-state index is -0.0167. The Bertz CT molecular complexity index is 169. The fourth-order valence-corrected chi connectivity index (χ4v) is 2.92. The maximum absolute atomic E-state index is 6.48. The van der Waals surface area contributed by atoms with Crippen LogP contribution in [0.15, 0.2) is 0 Å². The largest absolute Gasteiger partial charge is 0.120 e. The summed E-state index contributed by atoms with van der Waals surface area (Å²) in [6, 6.07) is 0. The Labute approximate surface area is 121 Å². The summed E-state index contributed by atoms with van der Waals surface area (Å²) in [6.45, 7) is 8.91. The minimum absolute atomic E-state index is 0.0167. The molecule has 0 N–H and O–H groups in total. The van der Waals surface area contributed by atoms with Gasteiger partial charge in [-0.2, -0.15) is 0 Å². The molecule has 1 unspecified atom stereocenters. The molecule has 110 valence electrons.